The number of hydrogen-bond acceptors (Lipinski definition) is 8. The molecule has 0 bridgehead atoms. The lowest BCUT2D eigenvalue weighted by atomic mass is 10.2. The summed E-state index contributed by atoms with van der Waals surface area (Å²) in [7, 11) is 0. The molecule has 0 radical (unpaired) electrons. The SMILES string of the molecule is Cc1ccc(CN(Cc2ccc3c(c2)OCO3)C(=O)CN(CCN2CCOCC2)C(=O)Nc2ccc(C#N)cc2)o1. The zero-order valence-corrected chi connectivity index (χ0v) is 23.0. The molecule has 1 fully saturated rings. The number of fused-ring (bicyclic) bond motifs is 1. The molecule has 0 atom stereocenters. The van der Waals surface area contributed by atoms with Gasteiger partial charge in [0, 0.05) is 38.4 Å². The number of anilines is 1. The fourth-order valence-corrected chi connectivity index (χ4v) is 4.68. The topological polar surface area (TPSA) is 121 Å². The second-order valence-electron chi connectivity index (χ2n) is 9.94. The molecule has 3 aromatic rings. The van der Waals surface area contributed by atoms with Crippen LogP contribution in [-0.2, 0) is 22.6 Å². The lowest BCUT2D eigenvalue weighted by Gasteiger charge is -2.31. The number of morpholine rings is 1. The molecule has 0 unspecified atom stereocenters. The third-order valence-corrected chi connectivity index (χ3v) is 6.97. The molecule has 41 heavy (non-hydrogen) atoms. The van der Waals surface area contributed by atoms with Gasteiger partial charge in [0.1, 0.15) is 18.1 Å². The minimum atomic E-state index is -0.395. The lowest BCUT2D eigenvalue weighted by molar-refractivity contribution is -0.133. The smallest absolute Gasteiger partial charge is 0.322 e. The average molecular weight is 560 g/mol. The third-order valence-electron chi connectivity index (χ3n) is 6.97. The van der Waals surface area contributed by atoms with Crippen LogP contribution in [-0.4, -0.2) is 79.4 Å². The van der Waals surface area contributed by atoms with Crippen molar-refractivity contribution in [3.05, 3.63) is 77.2 Å². The van der Waals surface area contributed by atoms with Crippen molar-refractivity contribution in [1.29, 1.82) is 5.26 Å². The summed E-state index contributed by atoms with van der Waals surface area (Å²) in [5.41, 5.74) is 1.91. The Labute approximate surface area is 238 Å². The number of furan rings is 1. The number of carbonyl (C=O) groups is 2. The van der Waals surface area contributed by atoms with Gasteiger partial charge in [0.05, 0.1) is 31.4 Å². The molecule has 2 aliphatic rings. The lowest BCUT2D eigenvalue weighted by Crippen LogP contribution is -2.48. The Morgan fingerprint density at radius 3 is 2.49 bits per heavy atom. The van der Waals surface area contributed by atoms with E-state index in [2.05, 4.69) is 16.3 Å². The summed E-state index contributed by atoms with van der Waals surface area (Å²) in [5, 5.41) is 12.0. The molecule has 214 valence electrons. The predicted octanol–water partition coefficient (Wildman–Crippen LogP) is 3.58. The molecule has 1 aromatic heterocycles. The molecule has 0 saturated carbocycles. The van der Waals surface area contributed by atoms with Gasteiger partial charge in [-0.25, -0.2) is 4.79 Å². The van der Waals surface area contributed by atoms with Crippen molar-refractivity contribution in [3.63, 3.8) is 0 Å². The van der Waals surface area contributed by atoms with E-state index in [1.165, 1.54) is 4.90 Å². The standard InChI is InChI=1S/C30H33N5O6/c1-22-2-8-26(41-22)19-35(18-24-5-9-27-28(16-24)40-21-39-27)29(36)20-34(11-10-33-12-14-38-15-13-33)30(37)32-25-6-3-23(17-31)4-7-25/h2-9,16H,10-15,18-21H2,1H3,(H,32,37). The number of amides is 3. The Morgan fingerprint density at radius 2 is 1.76 bits per heavy atom. The van der Waals surface area contributed by atoms with Gasteiger partial charge in [-0.3, -0.25) is 9.69 Å². The Balaban J connectivity index is 1.32. The van der Waals surface area contributed by atoms with Crippen LogP contribution in [0.1, 0.15) is 22.6 Å². The maximum Gasteiger partial charge on any atom is 0.322 e. The summed E-state index contributed by atoms with van der Waals surface area (Å²) < 4.78 is 22.2. The molecule has 11 heteroatoms. The zero-order valence-electron chi connectivity index (χ0n) is 23.0. The van der Waals surface area contributed by atoms with Crippen molar-refractivity contribution >= 4 is 17.6 Å². The van der Waals surface area contributed by atoms with E-state index in [1.54, 1.807) is 29.2 Å². The predicted molar refractivity (Wildman–Crippen MR) is 149 cm³/mol. The Morgan fingerprint density at radius 1 is 0.976 bits per heavy atom. The maximum absolute atomic E-state index is 13.8. The van der Waals surface area contributed by atoms with Gasteiger partial charge in [0.15, 0.2) is 11.5 Å². The van der Waals surface area contributed by atoms with Crippen LogP contribution in [0.3, 0.4) is 0 Å². The first-order valence-electron chi connectivity index (χ1n) is 13.5. The number of benzene rings is 2. The molecule has 3 heterocycles. The molecule has 11 nitrogen and oxygen atoms in total. The maximum atomic E-state index is 13.8. The van der Waals surface area contributed by atoms with E-state index in [0.717, 1.165) is 24.4 Å². The average Bonchev–Trinajstić information content (AvgIpc) is 3.63. The highest BCUT2D eigenvalue weighted by atomic mass is 16.7. The van der Waals surface area contributed by atoms with Crippen molar-refractivity contribution in [2.75, 3.05) is 58.0 Å². The molecule has 1 N–H and O–H groups in total. The number of aryl methyl sites for hydroxylation is 1. The van der Waals surface area contributed by atoms with E-state index < -0.39 is 6.03 Å². The summed E-state index contributed by atoms with van der Waals surface area (Å²) in [5.74, 6) is 2.48. The second kappa shape index (κ2) is 13.2. The zero-order chi connectivity index (χ0) is 28.6. The highest BCUT2D eigenvalue weighted by molar-refractivity contribution is 5.92. The summed E-state index contributed by atoms with van der Waals surface area (Å²) >= 11 is 0. The molecular weight excluding hydrogens is 526 g/mol. The van der Waals surface area contributed by atoms with Crippen LogP contribution in [0.4, 0.5) is 10.5 Å². The highest BCUT2D eigenvalue weighted by Crippen LogP contribution is 2.33. The molecular formula is C30H33N5O6. The number of urea groups is 1. The van der Waals surface area contributed by atoms with Crippen LogP contribution < -0.4 is 14.8 Å². The van der Waals surface area contributed by atoms with Crippen molar-refractivity contribution in [2.45, 2.75) is 20.0 Å². The summed E-state index contributed by atoms with van der Waals surface area (Å²) in [6, 6.07) is 17.6. The summed E-state index contributed by atoms with van der Waals surface area (Å²) in [6.45, 7) is 6.22. The van der Waals surface area contributed by atoms with Crippen LogP contribution >= 0.6 is 0 Å². The van der Waals surface area contributed by atoms with Crippen molar-refractivity contribution in [2.24, 2.45) is 0 Å². The molecule has 2 aromatic carbocycles. The number of nitriles is 1. The molecule has 0 aliphatic carbocycles. The van der Waals surface area contributed by atoms with Crippen molar-refractivity contribution in [3.8, 4) is 17.6 Å². The van der Waals surface area contributed by atoms with E-state index in [1.807, 2.05) is 37.3 Å². The van der Waals surface area contributed by atoms with Crippen LogP contribution in [0.15, 0.2) is 59.0 Å². The number of nitrogens with one attached hydrogen (secondary N) is 1. The number of ether oxygens (including phenoxy) is 3. The largest absolute Gasteiger partial charge is 0.464 e. The highest BCUT2D eigenvalue weighted by Gasteiger charge is 2.25. The Hall–Kier alpha value is -4.53. The van der Waals surface area contributed by atoms with Gasteiger partial charge in [-0.1, -0.05) is 6.07 Å². The first kappa shape index (κ1) is 28.0. The summed E-state index contributed by atoms with van der Waals surface area (Å²) in [6.07, 6.45) is 0. The van der Waals surface area contributed by atoms with Gasteiger partial charge >= 0.3 is 6.03 Å². The fourth-order valence-electron chi connectivity index (χ4n) is 4.68. The van der Waals surface area contributed by atoms with Gasteiger partial charge in [-0.05, 0) is 61.0 Å². The van der Waals surface area contributed by atoms with Gasteiger partial charge in [0.2, 0.25) is 12.7 Å². The Bertz CT molecular complexity index is 1390. The first-order valence-corrected chi connectivity index (χ1v) is 13.5. The van der Waals surface area contributed by atoms with Crippen LogP contribution in [0.5, 0.6) is 11.5 Å². The number of hydrogen-bond donors (Lipinski definition) is 1. The van der Waals surface area contributed by atoms with Gasteiger partial charge in [0.25, 0.3) is 0 Å². The van der Waals surface area contributed by atoms with E-state index in [-0.39, 0.29) is 25.8 Å². The fraction of sp³-hybridized carbons (Fsp3) is 0.367. The number of nitrogens with zero attached hydrogens (tertiary/aromatic N) is 4. The van der Waals surface area contributed by atoms with Crippen LogP contribution in [0, 0.1) is 18.3 Å². The van der Waals surface area contributed by atoms with E-state index >= 15 is 0 Å². The van der Waals surface area contributed by atoms with E-state index in [0.29, 0.717) is 61.4 Å². The van der Waals surface area contributed by atoms with Crippen LogP contribution in [0.2, 0.25) is 0 Å². The first-order chi connectivity index (χ1) is 20.0. The van der Waals surface area contributed by atoms with Gasteiger partial charge < -0.3 is 33.7 Å². The minimum Gasteiger partial charge on any atom is -0.464 e. The quantitative estimate of drug-likeness (QED) is 0.400. The van der Waals surface area contributed by atoms with E-state index in [4.69, 9.17) is 23.9 Å². The molecule has 2 aliphatic heterocycles. The number of carbonyl (C=O) groups excluding carboxylic acids is 2. The van der Waals surface area contributed by atoms with E-state index in [9.17, 15) is 9.59 Å². The monoisotopic (exact) mass is 559 g/mol. The number of rotatable bonds is 10. The molecule has 1 saturated heterocycles. The van der Waals surface area contributed by atoms with Crippen LogP contribution in [0.25, 0.3) is 0 Å². The second-order valence-corrected chi connectivity index (χ2v) is 9.94. The molecule has 3 amide bonds. The minimum absolute atomic E-state index is 0.128. The van der Waals surface area contributed by atoms with Gasteiger partial charge in [-0.15, -0.1) is 0 Å². The van der Waals surface area contributed by atoms with Crippen molar-refractivity contribution < 1.29 is 28.2 Å². The van der Waals surface area contributed by atoms with Gasteiger partial charge in [-0.2, -0.15) is 5.26 Å². The Kier molecular flexibility index (Phi) is 9.03. The van der Waals surface area contributed by atoms with Crippen molar-refractivity contribution in [1.82, 2.24) is 14.7 Å². The molecule has 0 spiro atoms. The summed E-state index contributed by atoms with van der Waals surface area (Å²) in [4.78, 5) is 32.7. The third kappa shape index (κ3) is 7.57. The normalized spacial score (nSPS) is 14.3. The molecule has 5 rings (SSSR count).